The Labute approximate surface area is 109 Å². The maximum atomic E-state index is 12.4. The molecule has 0 aromatic carbocycles. The average molecular weight is 269 g/mol. The minimum Gasteiger partial charge on any atom is -0.276 e. The van der Waals surface area contributed by atoms with Crippen molar-refractivity contribution in [2.45, 2.75) is 26.4 Å². The Bertz CT molecular complexity index is 513. The van der Waals surface area contributed by atoms with Crippen LogP contribution in [0.15, 0.2) is 23.5 Å². The third-order valence-electron chi connectivity index (χ3n) is 2.66. The Hall–Kier alpha value is -1.72. The third-order valence-corrected chi connectivity index (χ3v) is 2.66. The number of allylic oxidation sites excluding steroid dienone is 1. The van der Waals surface area contributed by atoms with E-state index in [9.17, 15) is 13.2 Å². The van der Waals surface area contributed by atoms with Crippen molar-refractivity contribution in [1.82, 2.24) is 9.97 Å². The molecule has 3 nitrogen and oxygen atoms in total. The first kappa shape index (κ1) is 13.7. The third kappa shape index (κ3) is 3.39. The van der Waals surface area contributed by atoms with Crippen LogP contribution < -0.4 is 0 Å². The molecule has 0 bridgehead atoms. The van der Waals surface area contributed by atoms with Crippen molar-refractivity contribution in [1.29, 1.82) is 0 Å². The first-order chi connectivity index (χ1) is 8.86. The molecule has 0 amide bonds. The van der Waals surface area contributed by atoms with Crippen molar-refractivity contribution in [3.63, 3.8) is 0 Å². The van der Waals surface area contributed by atoms with Crippen LogP contribution in [0, 0.1) is 5.92 Å². The molecule has 0 N–H and O–H groups in total. The van der Waals surface area contributed by atoms with Gasteiger partial charge in [-0.3, -0.25) is 4.99 Å². The van der Waals surface area contributed by atoms with Crippen LogP contribution in [0.4, 0.5) is 13.2 Å². The first-order valence-electron chi connectivity index (χ1n) is 6.00. The van der Waals surface area contributed by atoms with E-state index in [1.165, 1.54) is 0 Å². The van der Waals surface area contributed by atoms with Gasteiger partial charge in [0, 0.05) is 18.0 Å². The summed E-state index contributed by atoms with van der Waals surface area (Å²) in [5.41, 5.74) is 0.523. The van der Waals surface area contributed by atoms with E-state index in [0.29, 0.717) is 17.3 Å². The summed E-state index contributed by atoms with van der Waals surface area (Å²) in [5, 5.41) is 0. The van der Waals surface area contributed by atoms with Gasteiger partial charge < -0.3 is 0 Å². The standard InChI is InChI=1S/C13H14F3N3/c1-8(2)3-9-5-18-12(19-6-9)10-4-11(17-7-10)13(14,15)16/h4-6,8H,3,7H2,1-2H3. The molecule has 1 aliphatic heterocycles. The number of aliphatic imine (C=N–C) groups is 1. The highest BCUT2D eigenvalue weighted by Crippen LogP contribution is 2.25. The normalized spacial score (nSPS) is 15.7. The van der Waals surface area contributed by atoms with Gasteiger partial charge in [-0.1, -0.05) is 13.8 Å². The molecule has 1 aliphatic rings. The Kier molecular flexibility index (Phi) is 3.68. The molecule has 102 valence electrons. The van der Waals surface area contributed by atoms with Gasteiger partial charge in [0.1, 0.15) is 5.71 Å². The highest BCUT2D eigenvalue weighted by molar-refractivity contribution is 6.07. The SMILES string of the molecule is CC(C)Cc1cnc(C2=CC(C(F)(F)F)=NC2)nc1. The van der Waals surface area contributed by atoms with E-state index in [1.54, 1.807) is 12.4 Å². The van der Waals surface area contributed by atoms with Crippen molar-refractivity contribution in [2.75, 3.05) is 6.54 Å². The monoisotopic (exact) mass is 269 g/mol. The van der Waals surface area contributed by atoms with Crippen LogP contribution in [-0.2, 0) is 6.42 Å². The number of halogens is 3. The van der Waals surface area contributed by atoms with Crippen LogP contribution in [-0.4, -0.2) is 28.4 Å². The molecule has 0 unspecified atom stereocenters. The molecule has 0 aliphatic carbocycles. The van der Waals surface area contributed by atoms with Gasteiger partial charge in [0.05, 0.1) is 6.54 Å². The van der Waals surface area contributed by atoms with E-state index in [0.717, 1.165) is 18.1 Å². The van der Waals surface area contributed by atoms with Crippen LogP contribution in [0.1, 0.15) is 25.2 Å². The molecule has 1 aromatic heterocycles. The van der Waals surface area contributed by atoms with Gasteiger partial charge in [0.2, 0.25) is 0 Å². The molecule has 19 heavy (non-hydrogen) atoms. The largest absolute Gasteiger partial charge is 0.432 e. The second-order valence-electron chi connectivity index (χ2n) is 4.88. The molecule has 2 heterocycles. The minimum absolute atomic E-state index is 0.0155. The molecule has 0 radical (unpaired) electrons. The van der Waals surface area contributed by atoms with Gasteiger partial charge in [0.25, 0.3) is 0 Å². The number of rotatable bonds is 3. The summed E-state index contributed by atoms with van der Waals surface area (Å²) in [4.78, 5) is 11.7. The van der Waals surface area contributed by atoms with Crippen molar-refractivity contribution >= 4 is 11.3 Å². The van der Waals surface area contributed by atoms with E-state index >= 15 is 0 Å². The number of hydrogen-bond acceptors (Lipinski definition) is 3. The van der Waals surface area contributed by atoms with Gasteiger partial charge >= 0.3 is 6.18 Å². The summed E-state index contributed by atoms with van der Waals surface area (Å²) in [6, 6.07) is 0. The van der Waals surface area contributed by atoms with Crippen molar-refractivity contribution < 1.29 is 13.2 Å². The van der Waals surface area contributed by atoms with E-state index in [2.05, 4.69) is 28.8 Å². The van der Waals surface area contributed by atoms with E-state index in [1.807, 2.05) is 0 Å². The van der Waals surface area contributed by atoms with Gasteiger partial charge in [-0.2, -0.15) is 13.2 Å². The van der Waals surface area contributed by atoms with E-state index in [4.69, 9.17) is 0 Å². The smallest absolute Gasteiger partial charge is 0.276 e. The Balaban J connectivity index is 2.13. The van der Waals surface area contributed by atoms with E-state index in [-0.39, 0.29) is 6.54 Å². The zero-order chi connectivity index (χ0) is 14.0. The summed E-state index contributed by atoms with van der Waals surface area (Å²) in [6.07, 6.45) is 0.782. The summed E-state index contributed by atoms with van der Waals surface area (Å²) in [6.45, 7) is 4.14. The fourth-order valence-corrected chi connectivity index (χ4v) is 1.83. The number of hydrogen-bond donors (Lipinski definition) is 0. The highest BCUT2D eigenvalue weighted by atomic mass is 19.4. The molecule has 2 rings (SSSR count). The Morgan fingerprint density at radius 1 is 1.21 bits per heavy atom. The summed E-state index contributed by atoms with van der Waals surface area (Å²) in [5.74, 6) is 0.802. The molecule has 0 saturated carbocycles. The van der Waals surface area contributed by atoms with Crippen LogP contribution in [0.2, 0.25) is 0 Å². The van der Waals surface area contributed by atoms with Crippen LogP contribution in [0.25, 0.3) is 5.57 Å². The molecule has 0 saturated heterocycles. The van der Waals surface area contributed by atoms with Crippen molar-refractivity contribution in [2.24, 2.45) is 10.9 Å². The maximum Gasteiger partial charge on any atom is 0.432 e. The second-order valence-corrected chi connectivity index (χ2v) is 4.88. The molecule has 0 fully saturated rings. The lowest BCUT2D eigenvalue weighted by molar-refractivity contribution is -0.0576. The molecule has 0 spiro atoms. The van der Waals surface area contributed by atoms with Gasteiger partial charge in [-0.25, -0.2) is 9.97 Å². The minimum atomic E-state index is -4.40. The zero-order valence-electron chi connectivity index (χ0n) is 10.7. The lowest BCUT2D eigenvalue weighted by Crippen LogP contribution is -2.19. The summed E-state index contributed by atoms with van der Waals surface area (Å²) in [7, 11) is 0. The number of aromatic nitrogens is 2. The molecule has 0 atom stereocenters. The highest BCUT2D eigenvalue weighted by Gasteiger charge is 2.36. The van der Waals surface area contributed by atoms with Gasteiger partial charge in [-0.05, 0) is 24.0 Å². The maximum absolute atomic E-state index is 12.4. The first-order valence-corrected chi connectivity index (χ1v) is 6.00. The Morgan fingerprint density at radius 3 is 2.32 bits per heavy atom. The van der Waals surface area contributed by atoms with Gasteiger partial charge in [0.15, 0.2) is 5.82 Å². The molecular formula is C13H14F3N3. The van der Waals surface area contributed by atoms with Gasteiger partial charge in [-0.15, -0.1) is 0 Å². The van der Waals surface area contributed by atoms with E-state index < -0.39 is 11.9 Å². The fraction of sp³-hybridized carbons (Fsp3) is 0.462. The van der Waals surface area contributed by atoms with Crippen LogP contribution >= 0.6 is 0 Å². The van der Waals surface area contributed by atoms with Crippen LogP contribution in [0.3, 0.4) is 0 Å². The summed E-state index contributed by atoms with van der Waals surface area (Å²) < 4.78 is 37.3. The molecular weight excluding hydrogens is 255 g/mol. The molecule has 1 aromatic rings. The predicted octanol–water partition coefficient (Wildman–Crippen LogP) is 3.08. The Morgan fingerprint density at radius 2 is 1.84 bits per heavy atom. The van der Waals surface area contributed by atoms with Crippen LogP contribution in [0.5, 0.6) is 0 Å². The van der Waals surface area contributed by atoms with Crippen molar-refractivity contribution in [3.05, 3.63) is 29.9 Å². The summed E-state index contributed by atoms with van der Waals surface area (Å²) >= 11 is 0. The lowest BCUT2D eigenvalue weighted by atomic mass is 10.1. The zero-order valence-corrected chi connectivity index (χ0v) is 10.7. The topological polar surface area (TPSA) is 38.1 Å². The second kappa shape index (κ2) is 5.11. The quantitative estimate of drug-likeness (QED) is 0.845. The number of alkyl halides is 3. The molecule has 6 heteroatoms. The lowest BCUT2D eigenvalue weighted by Gasteiger charge is -2.05. The fourth-order valence-electron chi connectivity index (χ4n) is 1.83. The van der Waals surface area contributed by atoms with Crippen molar-refractivity contribution in [3.8, 4) is 0 Å². The number of nitrogens with zero attached hydrogens (tertiary/aromatic N) is 3. The average Bonchev–Trinajstić information content (AvgIpc) is 2.78. The predicted molar refractivity (Wildman–Crippen MR) is 66.9 cm³/mol.